The zero-order valence-electron chi connectivity index (χ0n) is 10.9. The summed E-state index contributed by atoms with van der Waals surface area (Å²) in [7, 11) is 0. The quantitative estimate of drug-likeness (QED) is 0.498. The normalized spacial score (nSPS) is 14.9. The fourth-order valence-electron chi connectivity index (χ4n) is 2.11. The molecule has 0 radical (unpaired) electrons. The summed E-state index contributed by atoms with van der Waals surface area (Å²) in [4.78, 5) is 2.89. The third-order valence-corrected chi connectivity index (χ3v) is 3.58. The molecule has 0 aliphatic rings. The van der Waals surface area contributed by atoms with Crippen molar-refractivity contribution in [1.82, 2.24) is 0 Å². The fourth-order valence-corrected chi connectivity index (χ4v) is 2.23. The molecule has 1 N–H and O–H groups in total. The second-order valence-corrected chi connectivity index (χ2v) is 5.09. The van der Waals surface area contributed by atoms with Crippen molar-refractivity contribution >= 4 is 11.6 Å². The van der Waals surface area contributed by atoms with Gasteiger partial charge in [0.25, 0.3) is 0 Å². The number of nitrogens with zero attached hydrogens (tertiary/aromatic N) is 3. The van der Waals surface area contributed by atoms with Gasteiger partial charge in [0.1, 0.15) is 5.54 Å². The standard InChI is InChI=1S/C15H14ClN3O/c1-15(18-19-17,12-5-3-2-4-6-12)14(20)11-7-9-13(16)10-8-11/h2-10,14,20H,1H3/t14-,15+/m1/s1. The Balaban J connectivity index is 2.47. The van der Waals surface area contributed by atoms with E-state index in [-0.39, 0.29) is 0 Å². The highest BCUT2D eigenvalue weighted by Gasteiger charge is 2.35. The summed E-state index contributed by atoms with van der Waals surface area (Å²) < 4.78 is 0. The Kier molecular flexibility index (Phi) is 4.30. The lowest BCUT2D eigenvalue weighted by Gasteiger charge is -2.30. The molecule has 2 rings (SSSR count). The summed E-state index contributed by atoms with van der Waals surface area (Å²) in [5.74, 6) is 0. The van der Waals surface area contributed by atoms with E-state index >= 15 is 0 Å². The summed E-state index contributed by atoms with van der Waals surface area (Å²) in [6.45, 7) is 1.71. The molecule has 0 spiro atoms. The second-order valence-electron chi connectivity index (χ2n) is 4.66. The molecule has 2 atom stereocenters. The van der Waals surface area contributed by atoms with Crippen LogP contribution in [0.25, 0.3) is 10.4 Å². The van der Waals surface area contributed by atoms with E-state index < -0.39 is 11.6 Å². The highest BCUT2D eigenvalue weighted by Crippen LogP contribution is 2.38. The average molecular weight is 288 g/mol. The molecule has 0 bridgehead atoms. The van der Waals surface area contributed by atoms with E-state index in [4.69, 9.17) is 17.1 Å². The average Bonchev–Trinajstić information content (AvgIpc) is 2.48. The first kappa shape index (κ1) is 14.4. The Bertz CT molecular complexity index is 623. The fraction of sp³-hybridized carbons (Fsp3) is 0.200. The van der Waals surface area contributed by atoms with E-state index in [0.29, 0.717) is 10.6 Å². The van der Waals surface area contributed by atoms with Crippen LogP contribution in [-0.4, -0.2) is 5.11 Å². The van der Waals surface area contributed by atoms with Crippen LogP contribution >= 0.6 is 11.6 Å². The number of hydrogen-bond donors (Lipinski definition) is 1. The van der Waals surface area contributed by atoms with Crippen LogP contribution in [0.2, 0.25) is 5.02 Å². The third-order valence-electron chi connectivity index (χ3n) is 3.33. The lowest BCUT2D eigenvalue weighted by atomic mass is 9.84. The van der Waals surface area contributed by atoms with Gasteiger partial charge >= 0.3 is 0 Å². The predicted molar refractivity (Wildman–Crippen MR) is 79.4 cm³/mol. The van der Waals surface area contributed by atoms with Gasteiger partial charge in [-0.1, -0.05) is 59.2 Å². The predicted octanol–water partition coefficient (Wildman–Crippen LogP) is 4.60. The van der Waals surface area contributed by atoms with Crippen molar-refractivity contribution in [1.29, 1.82) is 0 Å². The zero-order valence-corrected chi connectivity index (χ0v) is 11.7. The molecule has 2 aromatic rings. The molecule has 4 nitrogen and oxygen atoms in total. The zero-order chi connectivity index (χ0) is 14.6. The van der Waals surface area contributed by atoms with Crippen LogP contribution in [0.15, 0.2) is 59.7 Å². The first-order chi connectivity index (χ1) is 9.58. The largest absolute Gasteiger partial charge is 0.387 e. The minimum absolute atomic E-state index is 0.589. The maximum Gasteiger partial charge on any atom is 0.101 e. The lowest BCUT2D eigenvalue weighted by molar-refractivity contribution is 0.0934. The molecule has 0 unspecified atom stereocenters. The maximum absolute atomic E-state index is 10.6. The molecule has 0 amide bonds. The molecule has 20 heavy (non-hydrogen) atoms. The lowest BCUT2D eigenvalue weighted by Crippen LogP contribution is -2.27. The van der Waals surface area contributed by atoms with Crippen LogP contribution in [0.4, 0.5) is 0 Å². The van der Waals surface area contributed by atoms with Crippen molar-refractivity contribution in [3.8, 4) is 0 Å². The number of azide groups is 1. The van der Waals surface area contributed by atoms with Gasteiger partial charge in [-0.15, -0.1) is 0 Å². The van der Waals surface area contributed by atoms with Gasteiger partial charge in [-0.2, -0.15) is 0 Å². The molecule has 102 valence electrons. The molecule has 5 heteroatoms. The monoisotopic (exact) mass is 287 g/mol. The Morgan fingerprint density at radius 1 is 1.15 bits per heavy atom. The van der Waals surface area contributed by atoms with Gasteiger partial charge in [-0.25, -0.2) is 0 Å². The van der Waals surface area contributed by atoms with Crippen LogP contribution in [0.1, 0.15) is 24.2 Å². The van der Waals surface area contributed by atoms with Crippen LogP contribution in [-0.2, 0) is 5.54 Å². The van der Waals surface area contributed by atoms with Gasteiger partial charge in [0.15, 0.2) is 0 Å². The summed E-state index contributed by atoms with van der Waals surface area (Å²) in [5.41, 5.74) is 9.15. The van der Waals surface area contributed by atoms with E-state index in [2.05, 4.69) is 10.0 Å². The van der Waals surface area contributed by atoms with Gasteiger partial charge in [0.05, 0.1) is 6.10 Å². The van der Waals surface area contributed by atoms with Crippen molar-refractivity contribution in [3.63, 3.8) is 0 Å². The first-order valence-electron chi connectivity index (χ1n) is 6.13. The van der Waals surface area contributed by atoms with Crippen LogP contribution in [0.3, 0.4) is 0 Å². The number of aliphatic hydroxyl groups excluding tert-OH is 1. The summed E-state index contributed by atoms with van der Waals surface area (Å²) in [5, 5.41) is 15.0. The molecule has 0 aliphatic heterocycles. The van der Waals surface area contributed by atoms with E-state index in [1.54, 1.807) is 31.2 Å². The topological polar surface area (TPSA) is 69.0 Å². The molecular weight excluding hydrogens is 274 g/mol. The number of rotatable bonds is 4. The first-order valence-corrected chi connectivity index (χ1v) is 6.51. The van der Waals surface area contributed by atoms with Crippen molar-refractivity contribution in [2.75, 3.05) is 0 Å². The molecule has 0 aliphatic carbocycles. The van der Waals surface area contributed by atoms with Crippen molar-refractivity contribution in [2.24, 2.45) is 5.11 Å². The molecule has 0 saturated heterocycles. The number of halogens is 1. The Morgan fingerprint density at radius 2 is 1.75 bits per heavy atom. The molecule has 2 aromatic carbocycles. The van der Waals surface area contributed by atoms with Gasteiger partial charge in [0.2, 0.25) is 0 Å². The van der Waals surface area contributed by atoms with Crippen molar-refractivity contribution in [3.05, 3.63) is 81.2 Å². The van der Waals surface area contributed by atoms with Crippen LogP contribution in [0, 0.1) is 0 Å². The van der Waals surface area contributed by atoms with E-state index in [1.807, 2.05) is 30.3 Å². The Morgan fingerprint density at radius 3 is 2.30 bits per heavy atom. The summed E-state index contributed by atoms with van der Waals surface area (Å²) in [6.07, 6.45) is -0.960. The number of benzene rings is 2. The number of hydrogen-bond acceptors (Lipinski definition) is 2. The third kappa shape index (κ3) is 2.78. The Hall–Kier alpha value is -2.00. The van der Waals surface area contributed by atoms with Crippen molar-refractivity contribution < 1.29 is 5.11 Å². The van der Waals surface area contributed by atoms with E-state index in [1.165, 1.54) is 0 Å². The molecule has 0 fully saturated rings. The van der Waals surface area contributed by atoms with Crippen LogP contribution in [0.5, 0.6) is 0 Å². The molecule has 0 aromatic heterocycles. The van der Waals surface area contributed by atoms with Gasteiger partial charge in [-0.3, -0.25) is 0 Å². The second kappa shape index (κ2) is 5.97. The highest BCUT2D eigenvalue weighted by molar-refractivity contribution is 6.30. The van der Waals surface area contributed by atoms with Gasteiger partial charge in [0, 0.05) is 9.93 Å². The van der Waals surface area contributed by atoms with Crippen LogP contribution < -0.4 is 0 Å². The minimum atomic E-state index is -1.08. The van der Waals surface area contributed by atoms with Crippen molar-refractivity contribution in [2.45, 2.75) is 18.6 Å². The highest BCUT2D eigenvalue weighted by atomic mass is 35.5. The molecule has 0 saturated carbocycles. The SMILES string of the molecule is C[C@](N=[N+]=[N-])(c1ccccc1)[C@H](O)c1ccc(Cl)cc1. The van der Waals surface area contributed by atoms with E-state index in [9.17, 15) is 5.11 Å². The van der Waals surface area contributed by atoms with E-state index in [0.717, 1.165) is 5.56 Å². The van der Waals surface area contributed by atoms with Gasteiger partial charge < -0.3 is 5.11 Å². The summed E-state index contributed by atoms with van der Waals surface area (Å²) >= 11 is 5.85. The summed E-state index contributed by atoms with van der Waals surface area (Å²) in [6, 6.07) is 16.0. The number of aliphatic hydroxyl groups is 1. The molecular formula is C15H14ClN3O. The molecule has 0 heterocycles. The Labute approximate surface area is 122 Å². The maximum atomic E-state index is 10.6. The smallest absolute Gasteiger partial charge is 0.101 e. The minimum Gasteiger partial charge on any atom is -0.387 e. The van der Waals surface area contributed by atoms with Gasteiger partial charge in [-0.05, 0) is 35.7 Å².